The fourth-order valence-corrected chi connectivity index (χ4v) is 2.24. The Hall–Kier alpha value is -3.36. The highest BCUT2D eigenvalue weighted by Gasteiger charge is 2.10. The lowest BCUT2D eigenvalue weighted by Gasteiger charge is -2.14. The Labute approximate surface area is 144 Å². The molecule has 1 atom stereocenters. The van der Waals surface area contributed by atoms with Crippen molar-refractivity contribution in [1.82, 2.24) is 35.5 Å². The Kier molecular flexibility index (Phi) is 5.25. The van der Waals surface area contributed by atoms with E-state index in [1.165, 1.54) is 11.0 Å². The molecule has 25 heavy (non-hydrogen) atoms. The van der Waals surface area contributed by atoms with E-state index in [0.717, 1.165) is 11.4 Å². The minimum Gasteiger partial charge on any atom is -0.484 e. The normalized spacial score (nSPS) is 11.7. The van der Waals surface area contributed by atoms with Crippen molar-refractivity contribution in [3.8, 4) is 11.4 Å². The summed E-state index contributed by atoms with van der Waals surface area (Å²) >= 11 is 0. The second-order valence-electron chi connectivity index (χ2n) is 5.41. The summed E-state index contributed by atoms with van der Waals surface area (Å²) in [4.78, 5) is 20.2. The number of amides is 1. The van der Waals surface area contributed by atoms with Crippen molar-refractivity contribution in [3.05, 3.63) is 54.9 Å². The van der Waals surface area contributed by atoms with Crippen molar-refractivity contribution in [1.29, 1.82) is 0 Å². The predicted molar refractivity (Wildman–Crippen MR) is 88.0 cm³/mol. The van der Waals surface area contributed by atoms with E-state index >= 15 is 0 Å². The van der Waals surface area contributed by atoms with Crippen LogP contribution in [0.3, 0.4) is 0 Å². The van der Waals surface area contributed by atoms with Gasteiger partial charge in [-0.15, -0.1) is 5.10 Å². The lowest BCUT2D eigenvalue weighted by Crippen LogP contribution is -2.37. The van der Waals surface area contributed by atoms with Crippen molar-refractivity contribution in [2.24, 2.45) is 0 Å². The molecule has 1 aromatic carbocycles. The van der Waals surface area contributed by atoms with Crippen LogP contribution in [-0.4, -0.2) is 48.7 Å². The highest BCUT2D eigenvalue weighted by atomic mass is 16.5. The number of rotatable bonds is 7. The molecule has 0 fully saturated rings. The van der Waals surface area contributed by atoms with E-state index in [2.05, 4.69) is 30.8 Å². The topological polar surface area (TPSA) is 108 Å². The van der Waals surface area contributed by atoms with Crippen molar-refractivity contribution in [2.45, 2.75) is 19.4 Å². The summed E-state index contributed by atoms with van der Waals surface area (Å²) in [5, 5.41) is 13.8. The van der Waals surface area contributed by atoms with Gasteiger partial charge in [-0.1, -0.05) is 0 Å². The molecule has 3 rings (SSSR count). The van der Waals surface area contributed by atoms with Crippen molar-refractivity contribution in [3.63, 3.8) is 0 Å². The number of aromatic nitrogens is 6. The Bertz CT molecular complexity index is 791. The predicted octanol–water partition coefficient (Wildman–Crippen LogP) is 0.578. The van der Waals surface area contributed by atoms with Crippen LogP contribution < -0.4 is 10.1 Å². The van der Waals surface area contributed by atoms with E-state index in [9.17, 15) is 4.79 Å². The monoisotopic (exact) mass is 339 g/mol. The summed E-state index contributed by atoms with van der Waals surface area (Å²) in [6.45, 7) is 1.85. The molecular formula is C16H17N7O2. The molecule has 0 unspecified atom stereocenters. The van der Waals surface area contributed by atoms with Gasteiger partial charge in [-0.2, -0.15) is 0 Å². The molecule has 0 saturated heterocycles. The minimum absolute atomic E-state index is 0.0602. The van der Waals surface area contributed by atoms with Gasteiger partial charge >= 0.3 is 0 Å². The Morgan fingerprint density at radius 2 is 2.12 bits per heavy atom. The quantitative estimate of drug-likeness (QED) is 0.671. The van der Waals surface area contributed by atoms with Gasteiger partial charge in [0.1, 0.15) is 12.1 Å². The molecule has 128 valence electrons. The van der Waals surface area contributed by atoms with Crippen molar-refractivity contribution < 1.29 is 9.53 Å². The number of tetrazole rings is 1. The molecule has 1 amide bonds. The van der Waals surface area contributed by atoms with Crippen LogP contribution in [0.15, 0.2) is 49.2 Å². The van der Waals surface area contributed by atoms with Crippen LogP contribution in [0.4, 0.5) is 0 Å². The fraction of sp³-hybridized carbons (Fsp3) is 0.250. The summed E-state index contributed by atoms with van der Waals surface area (Å²) < 4.78 is 7.02. The number of carbonyl (C=O) groups is 1. The van der Waals surface area contributed by atoms with Crippen LogP contribution in [0.1, 0.15) is 12.6 Å². The standard InChI is InChI=1S/C16H17N7O2/c1-12(8-13-9-17-6-7-18-13)20-16(24)10-25-15-4-2-14(3-5-15)23-11-19-21-22-23/h2-7,9,11-12H,8,10H2,1H3,(H,20,24)/t12-/m0/s1. The summed E-state index contributed by atoms with van der Waals surface area (Å²) in [5.41, 5.74) is 1.63. The van der Waals surface area contributed by atoms with Crippen LogP contribution in [0.2, 0.25) is 0 Å². The number of ether oxygens (including phenoxy) is 1. The van der Waals surface area contributed by atoms with E-state index in [0.29, 0.717) is 12.2 Å². The molecule has 0 spiro atoms. The number of hydrogen-bond acceptors (Lipinski definition) is 7. The molecule has 0 aliphatic carbocycles. The van der Waals surface area contributed by atoms with Gasteiger partial charge in [-0.3, -0.25) is 14.8 Å². The largest absolute Gasteiger partial charge is 0.484 e. The van der Waals surface area contributed by atoms with Gasteiger partial charge in [-0.25, -0.2) is 4.68 Å². The van der Waals surface area contributed by atoms with Crippen molar-refractivity contribution >= 4 is 5.91 Å². The number of nitrogens with one attached hydrogen (secondary N) is 1. The number of hydrogen-bond donors (Lipinski definition) is 1. The molecule has 1 N–H and O–H groups in total. The zero-order valence-electron chi connectivity index (χ0n) is 13.6. The third-order valence-electron chi connectivity index (χ3n) is 3.36. The maximum atomic E-state index is 12.0. The molecule has 3 aromatic rings. The molecule has 0 bridgehead atoms. The minimum atomic E-state index is -0.194. The molecule has 9 nitrogen and oxygen atoms in total. The van der Waals surface area contributed by atoms with Gasteiger partial charge in [-0.05, 0) is 41.6 Å². The average Bonchev–Trinajstić information content (AvgIpc) is 3.16. The second-order valence-corrected chi connectivity index (χ2v) is 5.41. The first-order valence-corrected chi connectivity index (χ1v) is 7.71. The highest BCUT2D eigenvalue weighted by molar-refractivity contribution is 5.77. The highest BCUT2D eigenvalue weighted by Crippen LogP contribution is 2.14. The Morgan fingerprint density at radius 3 is 2.80 bits per heavy atom. The van der Waals surface area contributed by atoms with Gasteiger partial charge in [0.25, 0.3) is 5.91 Å². The third kappa shape index (κ3) is 4.80. The number of benzene rings is 1. The van der Waals surface area contributed by atoms with E-state index in [1.807, 2.05) is 6.92 Å². The molecular weight excluding hydrogens is 322 g/mol. The third-order valence-corrected chi connectivity index (χ3v) is 3.36. The van der Waals surface area contributed by atoms with E-state index < -0.39 is 0 Å². The maximum Gasteiger partial charge on any atom is 0.258 e. The smallest absolute Gasteiger partial charge is 0.258 e. The fourth-order valence-electron chi connectivity index (χ4n) is 2.24. The van der Waals surface area contributed by atoms with Crippen LogP contribution >= 0.6 is 0 Å². The molecule has 0 aliphatic heterocycles. The Balaban J connectivity index is 1.45. The average molecular weight is 339 g/mol. The molecule has 2 aromatic heterocycles. The van der Waals surface area contributed by atoms with Crippen LogP contribution in [0.5, 0.6) is 5.75 Å². The second kappa shape index (κ2) is 7.95. The van der Waals surface area contributed by atoms with Gasteiger partial charge in [0.05, 0.1) is 11.4 Å². The molecule has 2 heterocycles. The van der Waals surface area contributed by atoms with Gasteiger partial charge in [0, 0.05) is 31.1 Å². The van der Waals surface area contributed by atoms with Crippen molar-refractivity contribution in [2.75, 3.05) is 6.61 Å². The van der Waals surface area contributed by atoms with E-state index in [4.69, 9.17) is 4.74 Å². The summed E-state index contributed by atoms with van der Waals surface area (Å²) in [7, 11) is 0. The zero-order valence-corrected chi connectivity index (χ0v) is 13.6. The van der Waals surface area contributed by atoms with E-state index in [-0.39, 0.29) is 18.6 Å². The lowest BCUT2D eigenvalue weighted by atomic mass is 10.2. The number of carbonyl (C=O) groups excluding carboxylic acids is 1. The molecule has 0 aliphatic rings. The molecule has 0 radical (unpaired) electrons. The Morgan fingerprint density at radius 1 is 1.28 bits per heavy atom. The van der Waals surface area contributed by atoms with Gasteiger partial charge < -0.3 is 10.1 Å². The summed E-state index contributed by atoms with van der Waals surface area (Å²) in [5.74, 6) is 0.398. The van der Waals surface area contributed by atoms with Crippen LogP contribution in [0, 0.1) is 0 Å². The van der Waals surface area contributed by atoms with Gasteiger partial charge in [0.2, 0.25) is 0 Å². The maximum absolute atomic E-state index is 12.0. The van der Waals surface area contributed by atoms with Gasteiger partial charge in [0.15, 0.2) is 6.61 Å². The summed E-state index contributed by atoms with van der Waals surface area (Å²) in [6, 6.07) is 7.07. The summed E-state index contributed by atoms with van der Waals surface area (Å²) in [6.07, 6.45) is 7.05. The molecule has 0 saturated carbocycles. The van der Waals surface area contributed by atoms with E-state index in [1.54, 1.807) is 42.9 Å². The zero-order chi connectivity index (χ0) is 17.5. The molecule has 9 heteroatoms. The first-order chi connectivity index (χ1) is 12.2. The SMILES string of the molecule is C[C@@H](Cc1cnccn1)NC(=O)COc1ccc(-n2cnnn2)cc1. The lowest BCUT2D eigenvalue weighted by molar-refractivity contribution is -0.123. The first kappa shape index (κ1) is 16.5. The van der Waals surface area contributed by atoms with Crippen LogP contribution in [0.25, 0.3) is 5.69 Å². The van der Waals surface area contributed by atoms with Crippen LogP contribution in [-0.2, 0) is 11.2 Å². The number of nitrogens with zero attached hydrogens (tertiary/aromatic N) is 6. The first-order valence-electron chi connectivity index (χ1n) is 7.71.